The van der Waals surface area contributed by atoms with Crippen LogP contribution >= 0.6 is 11.8 Å². The summed E-state index contributed by atoms with van der Waals surface area (Å²) in [5, 5.41) is 21.6. The fourth-order valence-corrected chi connectivity index (χ4v) is 4.09. The van der Waals surface area contributed by atoms with Crippen LogP contribution in [0.2, 0.25) is 0 Å². The van der Waals surface area contributed by atoms with Gasteiger partial charge >= 0.3 is 0 Å². The molecule has 0 unspecified atom stereocenters. The van der Waals surface area contributed by atoms with Crippen molar-refractivity contribution in [2.45, 2.75) is 25.5 Å². The van der Waals surface area contributed by atoms with Crippen LogP contribution in [0.1, 0.15) is 22.6 Å². The maximum Gasteiger partial charge on any atom is 0.235 e. The number of carbonyl (C=O) groups is 1. The summed E-state index contributed by atoms with van der Waals surface area (Å²) in [4.78, 5) is 16.8. The number of aromatic nitrogens is 5. The van der Waals surface area contributed by atoms with Gasteiger partial charge in [-0.1, -0.05) is 11.8 Å². The molecule has 0 saturated heterocycles. The average molecular weight is 448 g/mol. The van der Waals surface area contributed by atoms with Crippen molar-refractivity contribution in [1.29, 1.82) is 5.26 Å². The van der Waals surface area contributed by atoms with Crippen molar-refractivity contribution in [3.05, 3.63) is 65.5 Å². The maximum atomic E-state index is 12.8. The molecule has 0 saturated carbocycles. The Hall–Kier alpha value is -3.84. The van der Waals surface area contributed by atoms with Gasteiger partial charge in [-0.2, -0.15) is 5.26 Å². The largest absolute Gasteiger partial charge is 0.467 e. The van der Waals surface area contributed by atoms with Crippen molar-refractivity contribution in [3.63, 3.8) is 0 Å². The van der Waals surface area contributed by atoms with Gasteiger partial charge in [0.2, 0.25) is 5.91 Å². The molecule has 0 atom stereocenters. The van der Waals surface area contributed by atoms with E-state index in [-0.39, 0.29) is 11.7 Å². The summed E-state index contributed by atoms with van der Waals surface area (Å²) >= 11 is 1.28. The zero-order valence-corrected chi connectivity index (χ0v) is 18.7. The average Bonchev–Trinajstić information content (AvgIpc) is 3.50. The fraction of sp³-hybridized carbons (Fsp3) is 0.227. The highest BCUT2D eigenvalue weighted by molar-refractivity contribution is 7.99. The van der Waals surface area contributed by atoms with Crippen LogP contribution in [0.5, 0.6) is 0 Å². The Morgan fingerprint density at radius 1 is 1.25 bits per heavy atom. The summed E-state index contributed by atoms with van der Waals surface area (Å²) in [6, 6.07) is 9.58. The zero-order chi connectivity index (χ0) is 22.7. The molecule has 4 aromatic heterocycles. The minimum Gasteiger partial charge on any atom is -0.467 e. The number of rotatable bonds is 7. The quantitative estimate of drug-likeness (QED) is 0.431. The monoisotopic (exact) mass is 447 g/mol. The van der Waals surface area contributed by atoms with Crippen LogP contribution in [0.15, 0.2) is 52.5 Å². The number of hydrogen-bond acceptors (Lipinski definition) is 7. The van der Waals surface area contributed by atoms with Crippen LogP contribution in [-0.4, -0.2) is 36.0 Å². The van der Waals surface area contributed by atoms with Gasteiger partial charge in [-0.25, -0.2) is 0 Å². The molecule has 0 aromatic carbocycles. The first kappa shape index (κ1) is 21.4. The Kier molecular flexibility index (Phi) is 6.09. The van der Waals surface area contributed by atoms with Crippen molar-refractivity contribution in [3.8, 4) is 17.5 Å². The Labute approximate surface area is 189 Å². The summed E-state index contributed by atoms with van der Waals surface area (Å²) in [5.41, 5.74) is 3.08. The van der Waals surface area contributed by atoms with Crippen molar-refractivity contribution >= 4 is 23.5 Å². The van der Waals surface area contributed by atoms with Crippen LogP contribution < -0.4 is 5.32 Å². The maximum absolute atomic E-state index is 12.8. The highest BCUT2D eigenvalue weighted by Gasteiger charge is 2.21. The zero-order valence-electron chi connectivity index (χ0n) is 17.9. The molecule has 10 heteroatoms. The number of thioether (sulfide) groups is 1. The van der Waals surface area contributed by atoms with E-state index >= 15 is 0 Å². The molecule has 1 N–H and O–H groups in total. The standard InChI is InChI=1S/C22H21N7O2S/c1-14-15(2)29(12-17-5-4-10-31-17)21(18(14)11-23)25-19(30)13-32-22-27-26-20(28(22)3)16-6-8-24-9-7-16/h4-10H,12-13H2,1-3H3,(H,25,30). The first-order valence-corrected chi connectivity index (χ1v) is 10.8. The van der Waals surface area contributed by atoms with Gasteiger partial charge in [-0.05, 0) is 43.7 Å². The molecule has 4 heterocycles. The number of carbonyl (C=O) groups excluding carboxylic acids is 1. The molecule has 0 spiro atoms. The highest BCUT2D eigenvalue weighted by atomic mass is 32.2. The second-order valence-electron chi connectivity index (χ2n) is 7.15. The minimum absolute atomic E-state index is 0.122. The van der Waals surface area contributed by atoms with E-state index in [1.807, 2.05) is 54.3 Å². The van der Waals surface area contributed by atoms with Gasteiger partial charge in [-0.3, -0.25) is 9.78 Å². The van der Waals surface area contributed by atoms with E-state index in [2.05, 4.69) is 26.6 Å². The number of pyridine rings is 1. The van der Waals surface area contributed by atoms with Gasteiger partial charge in [-0.15, -0.1) is 10.2 Å². The molecule has 32 heavy (non-hydrogen) atoms. The third-order valence-corrected chi connectivity index (χ3v) is 6.22. The van der Waals surface area contributed by atoms with Crippen LogP contribution in [0.4, 0.5) is 5.82 Å². The summed E-state index contributed by atoms with van der Waals surface area (Å²) in [6.07, 6.45) is 4.99. The number of furan rings is 1. The molecule has 0 bridgehead atoms. The second kappa shape index (κ2) is 9.11. The topological polar surface area (TPSA) is 115 Å². The van der Waals surface area contributed by atoms with Crippen LogP contribution in [0.25, 0.3) is 11.4 Å². The van der Waals surface area contributed by atoms with Gasteiger partial charge in [0, 0.05) is 30.7 Å². The molecule has 4 aromatic rings. The van der Waals surface area contributed by atoms with Crippen LogP contribution in [0, 0.1) is 25.2 Å². The number of amides is 1. The Morgan fingerprint density at radius 2 is 2.03 bits per heavy atom. The van der Waals surface area contributed by atoms with E-state index in [9.17, 15) is 10.1 Å². The first-order valence-electron chi connectivity index (χ1n) is 9.84. The number of anilines is 1. The number of nitriles is 1. The smallest absolute Gasteiger partial charge is 0.235 e. The Balaban J connectivity index is 1.50. The van der Waals surface area contributed by atoms with Gasteiger partial charge < -0.3 is 18.9 Å². The summed E-state index contributed by atoms with van der Waals surface area (Å²) in [7, 11) is 1.85. The third kappa shape index (κ3) is 4.15. The second-order valence-corrected chi connectivity index (χ2v) is 8.09. The molecule has 4 rings (SSSR count). The van der Waals surface area contributed by atoms with Gasteiger partial charge in [0.05, 0.1) is 24.1 Å². The number of hydrogen-bond donors (Lipinski definition) is 1. The van der Waals surface area contributed by atoms with E-state index in [1.54, 1.807) is 18.7 Å². The Bertz CT molecular complexity index is 1280. The molecular weight excluding hydrogens is 426 g/mol. The molecule has 162 valence electrons. The first-order chi connectivity index (χ1) is 15.5. The number of nitrogens with zero attached hydrogens (tertiary/aromatic N) is 6. The molecular formula is C22H21N7O2S. The third-order valence-electron chi connectivity index (χ3n) is 5.20. The van der Waals surface area contributed by atoms with Crippen molar-refractivity contribution in [1.82, 2.24) is 24.3 Å². The molecule has 0 fully saturated rings. The van der Waals surface area contributed by atoms with E-state index in [1.165, 1.54) is 11.8 Å². The van der Waals surface area contributed by atoms with E-state index in [0.29, 0.717) is 28.9 Å². The van der Waals surface area contributed by atoms with Crippen LogP contribution in [-0.2, 0) is 18.4 Å². The molecule has 1 amide bonds. The lowest BCUT2D eigenvalue weighted by Crippen LogP contribution is -2.18. The van der Waals surface area contributed by atoms with Gasteiger partial charge in [0.1, 0.15) is 17.6 Å². The van der Waals surface area contributed by atoms with E-state index < -0.39 is 0 Å². The van der Waals surface area contributed by atoms with Gasteiger partial charge in [0.15, 0.2) is 11.0 Å². The predicted octanol–water partition coefficient (Wildman–Crippen LogP) is 3.54. The number of nitrogens with one attached hydrogen (secondary N) is 1. The summed E-state index contributed by atoms with van der Waals surface area (Å²) in [6.45, 7) is 4.21. The molecule has 0 aliphatic heterocycles. The van der Waals surface area contributed by atoms with Crippen molar-refractivity contribution in [2.75, 3.05) is 11.1 Å². The molecule has 0 aliphatic rings. The Morgan fingerprint density at radius 3 is 2.72 bits per heavy atom. The lowest BCUT2D eigenvalue weighted by Gasteiger charge is -2.12. The summed E-state index contributed by atoms with van der Waals surface area (Å²) < 4.78 is 9.17. The molecule has 0 aliphatic carbocycles. The lowest BCUT2D eigenvalue weighted by atomic mass is 10.2. The van der Waals surface area contributed by atoms with E-state index in [0.717, 1.165) is 22.6 Å². The minimum atomic E-state index is -0.238. The van der Waals surface area contributed by atoms with Gasteiger partial charge in [0.25, 0.3) is 0 Å². The lowest BCUT2D eigenvalue weighted by molar-refractivity contribution is -0.113. The fourth-order valence-electron chi connectivity index (χ4n) is 3.38. The SMILES string of the molecule is Cc1c(C#N)c(NC(=O)CSc2nnc(-c3ccncc3)n2C)n(Cc2ccco2)c1C. The van der Waals surface area contributed by atoms with Crippen molar-refractivity contribution < 1.29 is 9.21 Å². The molecule has 0 radical (unpaired) electrons. The van der Waals surface area contributed by atoms with Crippen molar-refractivity contribution in [2.24, 2.45) is 7.05 Å². The highest BCUT2D eigenvalue weighted by Crippen LogP contribution is 2.28. The molecule has 9 nitrogen and oxygen atoms in total. The predicted molar refractivity (Wildman–Crippen MR) is 120 cm³/mol. The normalized spacial score (nSPS) is 10.8. The van der Waals surface area contributed by atoms with E-state index in [4.69, 9.17) is 4.42 Å². The summed E-state index contributed by atoms with van der Waals surface area (Å²) in [5.74, 6) is 1.79. The van der Waals surface area contributed by atoms with Crippen LogP contribution in [0.3, 0.4) is 0 Å².